The summed E-state index contributed by atoms with van der Waals surface area (Å²) >= 11 is 0. The summed E-state index contributed by atoms with van der Waals surface area (Å²) in [5, 5.41) is 18.5. The molecule has 0 bridgehead atoms. The van der Waals surface area contributed by atoms with E-state index in [2.05, 4.69) is 0 Å². The lowest BCUT2D eigenvalue weighted by Crippen LogP contribution is -2.48. The fourth-order valence-electron chi connectivity index (χ4n) is 3.54. The van der Waals surface area contributed by atoms with Crippen molar-refractivity contribution in [2.75, 3.05) is 52.4 Å². The predicted octanol–water partition coefficient (Wildman–Crippen LogP) is 0.194. The molecule has 1 atom stereocenters. The van der Waals surface area contributed by atoms with E-state index in [1.54, 1.807) is 4.90 Å². The van der Waals surface area contributed by atoms with Crippen molar-refractivity contribution in [3.8, 4) is 0 Å². The zero-order chi connectivity index (χ0) is 20.5. The molecular weight excluding hydrogens is 362 g/mol. The summed E-state index contributed by atoms with van der Waals surface area (Å²) in [5.41, 5.74) is 2.27. The number of hydrogen-bond acceptors (Lipinski definition) is 6. The van der Waals surface area contributed by atoms with Gasteiger partial charge in [-0.25, -0.2) is 0 Å². The first-order valence-corrected chi connectivity index (χ1v) is 9.49. The molecule has 1 aliphatic heterocycles. The van der Waals surface area contributed by atoms with Gasteiger partial charge < -0.3 is 15.0 Å². The van der Waals surface area contributed by atoms with Crippen LogP contribution in [0.15, 0.2) is 24.3 Å². The van der Waals surface area contributed by atoms with E-state index in [0.717, 1.165) is 17.4 Å². The Balaban J connectivity index is 2.24. The first kappa shape index (κ1) is 22.0. The second-order valence-electron chi connectivity index (χ2n) is 7.30. The fourth-order valence-corrected chi connectivity index (χ4v) is 3.54. The number of aliphatic carboxylic acids is 2. The molecular formula is C20H29N3O5. The quantitative estimate of drug-likeness (QED) is 0.606. The van der Waals surface area contributed by atoms with Gasteiger partial charge in [-0.3, -0.25) is 24.3 Å². The Hall–Kier alpha value is -2.29. The van der Waals surface area contributed by atoms with Crippen molar-refractivity contribution in [2.45, 2.75) is 19.4 Å². The third-order valence-electron chi connectivity index (χ3n) is 5.04. The SMILES string of the molecule is Cc1ccc(CC2CN(CC=O)CCN(CC(=O)O)CCN2CC(=O)O)cc1. The Morgan fingerprint density at radius 2 is 1.61 bits per heavy atom. The monoisotopic (exact) mass is 391 g/mol. The Kier molecular flexibility index (Phi) is 8.56. The minimum Gasteiger partial charge on any atom is -0.480 e. The highest BCUT2D eigenvalue weighted by atomic mass is 16.4. The molecule has 1 unspecified atom stereocenters. The molecule has 0 saturated carbocycles. The largest absolute Gasteiger partial charge is 0.480 e. The van der Waals surface area contributed by atoms with Gasteiger partial charge in [0.05, 0.1) is 19.6 Å². The number of carboxylic acid groups (broad SMARTS) is 2. The van der Waals surface area contributed by atoms with Crippen LogP contribution in [0.25, 0.3) is 0 Å². The number of carbonyl (C=O) groups is 3. The van der Waals surface area contributed by atoms with Gasteiger partial charge in [-0.05, 0) is 18.9 Å². The molecule has 0 aromatic heterocycles. The van der Waals surface area contributed by atoms with Gasteiger partial charge in [0.15, 0.2) is 0 Å². The molecule has 0 radical (unpaired) electrons. The van der Waals surface area contributed by atoms with Crippen molar-refractivity contribution in [3.63, 3.8) is 0 Å². The summed E-state index contributed by atoms with van der Waals surface area (Å²) in [6.45, 7) is 4.63. The second-order valence-corrected chi connectivity index (χ2v) is 7.30. The molecule has 1 aromatic rings. The molecule has 154 valence electrons. The van der Waals surface area contributed by atoms with E-state index in [-0.39, 0.29) is 25.7 Å². The lowest BCUT2D eigenvalue weighted by atomic mass is 10.0. The number of aryl methyl sites for hydroxylation is 1. The van der Waals surface area contributed by atoms with Crippen LogP contribution < -0.4 is 0 Å². The minimum absolute atomic E-state index is 0.0801. The van der Waals surface area contributed by atoms with E-state index in [9.17, 15) is 19.5 Å². The summed E-state index contributed by atoms with van der Waals surface area (Å²) in [4.78, 5) is 39.4. The van der Waals surface area contributed by atoms with Crippen LogP contribution in [0.3, 0.4) is 0 Å². The van der Waals surface area contributed by atoms with E-state index in [1.165, 1.54) is 0 Å². The molecule has 2 rings (SSSR count). The lowest BCUT2D eigenvalue weighted by molar-refractivity contribution is -0.140. The van der Waals surface area contributed by atoms with Crippen molar-refractivity contribution in [2.24, 2.45) is 0 Å². The van der Waals surface area contributed by atoms with Crippen LogP contribution in [0.2, 0.25) is 0 Å². The number of aldehydes is 1. The Morgan fingerprint density at radius 3 is 2.21 bits per heavy atom. The highest BCUT2D eigenvalue weighted by Crippen LogP contribution is 2.14. The molecule has 8 heteroatoms. The minimum atomic E-state index is -0.917. The van der Waals surface area contributed by atoms with E-state index >= 15 is 0 Å². The van der Waals surface area contributed by atoms with E-state index in [1.807, 2.05) is 41.0 Å². The van der Waals surface area contributed by atoms with Crippen molar-refractivity contribution in [3.05, 3.63) is 35.4 Å². The van der Waals surface area contributed by atoms with Crippen LogP contribution in [0.1, 0.15) is 11.1 Å². The van der Waals surface area contributed by atoms with Gasteiger partial charge in [0.2, 0.25) is 0 Å². The molecule has 8 nitrogen and oxygen atoms in total. The van der Waals surface area contributed by atoms with Crippen LogP contribution in [-0.4, -0.2) is 102 Å². The summed E-state index contributed by atoms with van der Waals surface area (Å²) in [7, 11) is 0. The van der Waals surface area contributed by atoms with Gasteiger partial charge in [0.25, 0.3) is 0 Å². The number of nitrogens with zero attached hydrogens (tertiary/aromatic N) is 3. The number of rotatable bonds is 8. The van der Waals surface area contributed by atoms with Gasteiger partial charge in [-0.15, -0.1) is 0 Å². The molecule has 1 saturated heterocycles. The average Bonchev–Trinajstić information content (AvgIpc) is 2.69. The van der Waals surface area contributed by atoms with E-state index in [4.69, 9.17) is 5.11 Å². The molecule has 1 aromatic carbocycles. The third kappa shape index (κ3) is 7.38. The Bertz CT molecular complexity index is 664. The summed E-state index contributed by atoms with van der Waals surface area (Å²) in [6, 6.07) is 8.07. The van der Waals surface area contributed by atoms with Gasteiger partial charge in [-0.2, -0.15) is 0 Å². The van der Waals surface area contributed by atoms with Gasteiger partial charge in [-0.1, -0.05) is 29.8 Å². The molecule has 28 heavy (non-hydrogen) atoms. The molecule has 1 aliphatic rings. The number of hydrogen-bond donors (Lipinski definition) is 2. The van der Waals surface area contributed by atoms with E-state index < -0.39 is 11.9 Å². The van der Waals surface area contributed by atoms with Crippen molar-refractivity contribution in [1.29, 1.82) is 0 Å². The summed E-state index contributed by atoms with van der Waals surface area (Å²) in [5.74, 6) is -1.83. The van der Waals surface area contributed by atoms with Crippen LogP contribution in [-0.2, 0) is 20.8 Å². The number of carboxylic acids is 2. The van der Waals surface area contributed by atoms with Gasteiger partial charge in [0, 0.05) is 38.8 Å². The molecule has 2 N–H and O–H groups in total. The molecule has 1 fully saturated rings. The molecule has 0 amide bonds. The van der Waals surface area contributed by atoms with Crippen molar-refractivity contribution in [1.82, 2.24) is 14.7 Å². The molecule has 1 heterocycles. The number of benzene rings is 1. The highest BCUT2D eigenvalue weighted by Gasteiger charge is 2.26. The molecule has 0 spiro atoms. The van der Waals surface area contributed by atoms with E-state index in [0.29, 0.717) is 39.1 Å². The first-order valence-electron chi connectivity index (χ1n) is 9.49. The smallest absolute Gasteiger partial charge is 0.317 e. The van der Waals surface area contributed by atoms with Crippen LogP contribution in [0, 0.1) is 6.92 Å². The van der Waals surface area contributed by atoms with Crippen molar-refractivity contribution >= 4 is 18.2 Å². The summed E-state index contributed by atoms with van der Waals surface area (Å²) in [6.07, 6.45) is 1.51. The molecule has 0 aliphatic carbocycles. The maximum atomic E-state index is 11.4. The first-order chi connectivity index (χ1) is 13.4. The highest BCUT2D eigenvalue weighted by molar-refractivity contribution is 5.69. The Morgan fingerprint density at radius 1 is 1.00 bits per heavy atom. The maximum absolute atomic E-state index is 11.4. The van der Waals surface area contributed by atoms with Crippen LogP contribution in [0.5, 0.6) is 0 Å². The fraction of sp³-hybridized carbons (Fsp3) is 0.550. The van der Waals surface area contributed by atoms with Gasteiger partial charge in [0.1, 0.15) is 6.29 Å². The zero-order valence-electron chi connectivity index (χ0n) is 16.3. The number of carbonyl (C=O) groups excluding carboxylic acids is 1. The third-order valence-corrected chi connectivity index (χ3v) is 5.04. The Labute approximate surface area is 165 Å². The lowest BCUT2D eigenvalue weighted by Gasteiger charge is -2.33. The van der Waals surface area contributed by atoms with Crippen LogP contribution >= 0.6 is 0 Å². The maximum Gasteiger partial charge on any atom is 0.317 e. The van der Waals surface area contributed by atoms with Gasteiger partial charge >= 0.3 is 11.9 Å². The van der Waals surface area contributed by atoms with Crippen LogP contribution in [0.4, 0.5) is 0 Å². The predicted molar refractivity (Wildman–Crippen MR) is 104 cm³/mol. The topological polar surface area (TPSA) is 101 Å². The summed E-state index contributed by atoms with van der Waals surface area (Å²) < 4.78 is 0. The standard InChI is InChI=1S/C20H29N3O5/c1-16-2-4-17(5-3-16)12-18-13-22(10-11-24)7-6-21(14-19(25)26)8-9-23(18)15-20(27)28/h2-5,11,18H,6-10,12-15H2,1H3,(H,25,26)(H,27,28). The normalized spacial score (nSPS) is 20.1. The van der Waals surface area contributed by atoms with Crippen molar-refractivity contribution < 1.29 is 24.6 Å². The zero-order valence-corrected chi connectivity index (χ0v) is 16.3. The average molecular weight is 391 g/mol. The second kappa shape index (κ2) is 10.9.